The highest BCUT2D eigenvalue weighted by molar-refractivity contribution is 6.30. The van der Waals surface area contributed by atoms with E-state index >= 15 is 0 Å². The zero-order valence-corrected chi connectivity index (χ0v) is 14.7. The van der Waals surface area contributed by atoms with Crippen LogP contribution in [0, 0.1) is 0 Å². The second kappa shape index (κ2) is 9.36. The van der Waals surface area contributed by atoms with Gasteiger partial charge in [0.25, 0.3) is 0 Å². The number of aromatic nitrogens is 1. The van der Waals surface area contributed by atoms with Gasteiger partial charge in [-0.2, -0.15) is 0 Å². The topological polar surface area (TPSA) is 94.5 Å². The molecule has 134 valence electrons. The van der Waals surface area contributed by atoms with Crippen LogP contribution in [-0.4, -0.2) is 40.3 Å². The van der Waals surface area contributed by atoms with E-state index in [4.69, 9.17) is 16.7 Å². The highest BCUT2D eigenvalue weighted by atomic mass is 35.5. The lowest BCUT2D eigenvalue weighted by Gasteiger charge is -2.18. The number of rotatable bonds is 9. The molecule has 0 saturated carbocycles. The Morgan fingerprint density at radius 2 is 2.08 bits per heavy atom. The zero-order valence-electron chi connectivity index (χ0n) is 13.9. The maximum Gasteiger partial charge on any atom is 0.309 e. The third-order valence-corrected chi connectivity index (χ3v) is 3.90. The first kappa shape index (κ1) is 19.2. The van der Waals surface area contributed by atoms with Crippen molar-refractivity contribution in [2.24, 2.45) is 0 Å². The molecule has 2 atom stereocenters. The van der Waals surface area contributed by atoms with Crippen molar-refractivity contribution < 1.29 is 15.0 Å². The Hall–Kier alpha value is -2.15. The average molecular weight is 364 g/mol. The van der Waals surface area contributed by atoms with Crippen LogP contribution in [0.1, 0.15) is 24.3 Å². The van der Waals surface area contributed by atoms with Gasteiger partial charge < -0.3 is 20.8 Å². The molecule has 1 heterocycles. The normalized spacial score (nSPS) is 13.2. The van der Waals surface area contributed by atoms with Crippen LogP contribution < -0.4 is 10.6 Å². The third-order valence-electron chi connectivity index (χ3n) is 3.66. The smallest absolute Gasteiger partial charge is 0.309 e. The second-order valence-electron chi connectivity index (χ2n) is 5.87. The monoisotopic (exact) mass is 363 g/mol. The van der Waals surface area contributed by atoms with Gasteiger partial charge in [0.05, 0.1) is 30.1 Å². The highest BCUT2D eigenvalue weighted by Crippen LogP contribution is 2.17. The molecule has 1 aromatic carbocycles. The lowest BCUT2D eigenvalue weighted by molar-refractivity contribution is -0.136. The summed E-state index contributed by atoms with van der Waals surface area (Å²) in [5, 5.41) is 26.0. The number of halogens is 1. The van der Waals surface area contributed by atoms with Crippen molar-refractivity contribution in [2.75, 3.05) is 18.4 Å². The number of anilines is 1. The molecule has 0 spiro atoms. The number of benzene rings is 1. The Morgan fingerprint density at radius 3 is 2.72 bits per heavy atom. The van der Waals surface area contributed by atoms with E-state index in [2.05, 4.69) is 15.6 Å². The molecule has 4 N–H and O–H groups in total. The van der Waals surface area contributed by atoms with Gasteiger partial charge in [0.15, 0.2) is 0 Å². The fourth-order valence-electron chi connectivity index (χ4n) is 2.28. The van der Waals surface area contributed by atoms with Gasteiger partial charge in [-0.25, -0.2) is 0 Å². The summed E-state index contributed by atoms with van der Waals surface area (Å²) in [5.41, 5.74) is 2.12. The molecule has 25 heavy (non-hydrogen) atoms. The maximum atomic E-state index is 10.6. The van der Waals surface area contributed by atoms with E-state index in [1.54, 1.807) is 30.5 Å². The van der Waals surface area contributed by atoms with Crippen LogP contribution in [0.5, 0.6) is 0 Å². The van der Waals surface area contributed by atoms with Crippen molar-refractivity contribution in [1.29, 1.82) is 0 Å². The first-order valence-corrected chi connectivity index (χ1v) is 8.39. The number of carboxylic acid groups (broad SMARTS) is 1. The number of carboxylic acids is 1. The Morgan fingerprint density at radius 1 is 1.28 bits per heavy atom. The second-order valence-corrected chi connectivity index (χ2v) is 6.31. The molecule has 0 unspecified atom stereocenters. The summed E-state index contributed by atoms with van der Waals surface area (Å²) >= 11 is 5.93. The van der Waals surface area contributed by atoms with Crippen LogP contribution in [0.25, 0.3) is 0 Å². The fourth-order valence-corrected chi connectivity index (χ4v) is 2.47. The molecule has 0 aliphatic heterocycles. The molecule has 0 bridgehead atoms. The predicted molar refractivity (Wildman–Crippen MR) is 97.9 cm³/mol. The number of aliphatic carboxylic acids is 1. The standard InChI is InChI=1S/C18H22ClN3O3/c1-12(20-11-17(23)13-3-2-4-14(19)7-13)9-21-16-6-5-15(22-10-16)8-18(24)25/h2-7,10,12,17,20-21,23H,8-9,11H2,1H3,(H,24,25)/t12-,17+/m1/s1. The van der Waals surface area contributed by atoms with E-state index < -0.39 is 12.1 Å². The minimum absolute atomic E-state index is 0.0837. The number of hydrogen-bond donors (Lipinski definition) is 4. The molecule has 0 aliphatic rings. The summed E-state index contributed by atoms with van der Waals surface area (Å²) < 4.78 is 0. The van der Waals surface area contributed by atoms with E-state index in [9.17, 15) is 9.90 Å². The highest BCUT2D eigenvalue weighted by Gasteiger charge is 2.10. The number of aliphatic hydroxyl groups excluding tert-OH is 1. The number of carbonyl (C=O) groups is 1. The van der Waals surface area contributed by atoms with E-state index in [1.165, 1.54) is 0 Å². The van der Waals surface area contributed by atoms with Gasteiger partial charge in [0.2, 0.25) is 0 Å². The molecule has 2 rings (SSSR count). The van der Waals surface area contributed by atoms with Gasteiger partial charge in [-0.1, -0.05) is 23.7 Å². The molecule has 1 aromatic heterocycles. The minimum Gasteiger partial charge on any atom is -0.481 e. The number of hydrogen-bond acceptors (Lipinski definition) is 5. The quantitative estimate of drug-likeness (QED) is 0.547. The summed E-state index contributed by atoms with van der Waals surface area (Å²) in [6.07, 6.45) is 0.906. The van der Waals surface area contributed by atoms with E-state index in [0.717, 1.165) is 11.3 Å². The van der Waals surface area contributed by atoms with Crippen LogP contribution in [0.2, 0.25) is 5.02 Å². The average Bonchev–Trinajstić information content (AvgIpc) is 2.58. The predicted octanol–water partition coefficient (Wildman–Crippen LogP) is 2.49. The molecule has 6 nitrogen and oxygen atoms in total. The maximum absolute atomic E-state index is 10.6. The van der Waals surface area contributed by atoms with Crippen molar-refractivity contribution in [2.45, 2.75) is 25.5 Å². The fraction of sp³-hybridized carbons (Fsp3) is 0.333. The van der Waals surface area contributed by atoms with Crippen molar-refractivity contribution in [3.63, 3.8) is 0 Å². The van der Waals surface area contributed by atoms with Gasteiger partial charge in [0.1, 0.15) is 0 Å². The molecule has 0 radical (unpaired) electrons. The lowest BCUT2D eigenvalue weighted by atomic mass is 10.1. The van der Waals surface area contributed by atoms with Gasteiger partial charge in [-0.3, -0.25) is 9.78 Å². The van der Waals surface area contributed by atoms with Gasteiger partial charge in [0, 0.05) is 24.2 Å². The van der Waals surface area contributed by atoms with Crippen LogP contribution in [-0.2, 0) is 11.2 Å². The molecule has 0 aliphatic carbocycles. The summed E-state index contributed by atoms with van der Waals surface area (Å²) in [7, 11) is 0. The largest absolute Gasteiger partial charge is 0.481 e. The first-order chi connectivity index (χ1) is 11.9. The molecular weight excluding hydrogens is 342 g/mol. The Balaban J connectivity index is 1.75. The van der Waals surface area contributed by atoms with Crippen LogP contribution in [0.4, 0.5) is 5.69 Å². The van der Waals surface area contributed by atoms with Crippen molar-refractivity contribution >= 4 is 23.3 Å². The van der Waals surface area contributed by atoms with Gasteiger partial charge in [-0.05, 0) is 36.8 Å². The molecule has 7 heteroatoms. The SMILES string of the molecule is C[C@H](CNc1ccc(CC(=O)O)nc1)NC[C@H](O)c1cccc(Cl)c1. The summed E-state index contributed by atoms with van der Waals surface area (Å²) in [6, 6.07) is 10.8. The number of nitrogens with one attached hydrogen (secondary N) is 2. The molecule has 0 amide bonds. The summed E-state index contributed by atoms with van der Waals surface area (Å²) in [4.78, 5) is 14.7. The Bertz CT molecular complexity index is 694. The number of pyridine rings is 1. The minimum atomic E-state index is -0.899. The van der Waals surface area contributed by atoms with Crippen LogP contribution in [0.15, 0.2) is 42.6 Å². The zero-order chi connectivity index (χ0) is 18.2. The van der Waals surface area contributed by atoms with Crippen LogP contribution in [0.3, 0.4) is 0 Å². The van der Waals surface area contributed by atoms with Crippen LogP contribution >= 0.6 is 11.6 Å². The Kier molecular flexibility index (Phi) is 7.18. The van der Waals surface area contributed by atoms with E-state index in [1.807, 2.05) is 19.1 Å². The molecule has 0 fully saturated rings. The van der Waals surface area contributed by atoms with Gasteiger partial charge >= 0.3 is 5.97 Å². The summed E-state index contributed by atoms with van der Waals surface area (Å²) in [5.74, 6) is -0.899. The molecule has 2 aromatic rings. The van der Waals surface area contributed by atoms with Crippen molar-refractivity contribution in [1.82, 2.24) is 10.3 Å². The Labute approximate surface area is 151 Å². The van der Waals surface area contributed by atoms with Crippen molar-refractivity contribution in [3.8, 4) is 0 Å². The lowest BCUT2D eigenvalue weighted by Crippen LogP contribution is -2.35. The number of aliphatic hydroxyl groups is 1. The molecule has 0 saturated heterocycles. The summed E-state index contributed by atoms with van der Waals surface area (Å²) in [6.45, 7) is 3.06. The first-order valence-electron chi connectivity index (χ1n) is 8.01. The van der Waals surface area contributed by atoms with Gasteiger partial charge in [-0.15, -0.1) is 0 Å². The van der Waals surface area contributed by atoms with Crippen molar-refractivity contribution in [3.05, 3.63) is 58.9 Å². The van der Waals surface area contributed by atoms with E-state index in [-0.39, 0.29) is 12.5 Å². The molecular formula is C18H22ClN3O3. The third kappa shape index (κ3) is 6.70. The van der Waals surface area contributed by atoms with E-state index in [0.29, 0.717) is 23.8 Å². The number of nitrogens with zero attached hydrogens (tertiary/aromatic N) is 1.